The number of amides is 1. The Hall–Kier alpha value is -0.770. The fraction of sp³-hybridized carbons (Fsp3) is 0.900. The molecule has 0 radical (unpaired) electrons. The van der Waals surface area contributed by atoms with Crippen molar-refractivity contribution in [1.29, 1.82) is 0 Å². The Bertz CT molecular complexity index is 203. The van der Waals surface area contributed by atoms with Crippen molar-refractivity contribution in [2.24, 2.45) is 5.41 Å². The van der Waals surface area contributed by atoms with Crippen LogP contribution in [0.1, 0.15) is 20.8 Å². The summed E-state index contributed by atoms with van der Waals surface area (Å²) in [5.74, 6) is 0. The van der Waals surface area contributed by atoms with E-state index >= 15 is 0 Å². The fourth-order valence-electron chi connectivity index (χ4n) is 1.77. The molecule has 0 aromatic carbocycles. The van der Waals surface area contributed by atoms with Crippen LogP contribution in [0.3, 0.4) is 0 Å². The molecule has 1 aliphatic heterocycles. The van der Waals surface area contributed by atoms with Crippen molar-refractivity contribution in [2.45, 2.75) is 20.8 Å². The van der Waals surface area contributed by atoms with E-state index < -0.39 is 6.09 Å². The highest BCUT2D eigenvalue weighted by Gasteiger charge is 2.23. The van der Waals surface area contributed by atoms with Crippen LogP contribution in [-0.4, -0.2) is 53.7 Å². The molecule has 0 aromatic heterocycles. The van der Waals surface area contributed by atoms with Crippen molar-refractivity contribution in [2.75, 3.05) is 32.7 Å². The Morgan fingerprint density at radius 3 is 2.07 bits per heavy atom. The lowest BCUT2D eigenvalue weighted by molar-refractivity contribution is 0.0899. The van der Waals surface area contributed by atoms with Gasteiger partial charge in [0.2, 0.25) is 0 Å². The quantitative estimate of drug-likeness (QED) is 0.694. The summed E-state index contributed by atoms with van der Waals surface area (Å²) in [5, 5.41) is 8.76. The highest BCUT2D eigenvalue weighted by Crippen LogP contribution is 2.16. The molecular formula is C10H20N2O2. The summed E-state index contributed by atoms with van der Waals surface area (Å²) in [6.07, 6.45) is -0.791. The summed E-state index contributed by atoms with van der Waals surface area (Å²) in [6, 6.07) is 0. The van der Waals surface area contributed by atoms with Crippen LogP contribution in [0, 0.1) is 5.41 Å². The van der Waals surface area contributed by atoms with Crippen LogP contribution in [0.5, 0.6) is 0 Å². The zero-order chi connectivity index (χ0) is 10.8. The van der Waals surface area contributed by atoms with Gasteiger partial charge in [-0.25, -0.2) is 4.79 Å². The van der Waals surface area contributed by atoms with Crippen LogP contribution in [0.4, 0.5) is 4.79 Å². The Balaban J connectivity index is 2.33. The van der Waals surface area contributed by atoms with Crippen molar-refractivity contribution in [3.8, 4) is 0 Å². The van der Waals surface area contributed by atoms with E-state index in [9.17, 15) is 4.79 Å². The Morgan fingerprint density at radius 2 is 1.71 bits per heavy atom. The molecule has 1 fully saturated rings. The van der Waals surface area contributed by atoms with Crippen molar-refractivity contribution in [3.63, 3.8) is 0 Å². The topological polar surface area (TPSA) is 43.8 Å². The van der Waals surface area contributed by atoms with E-state index in [0.29, 0.717) is 18.5 Å². The minimum atomic E-state index is -0.791. The van der Waals surface area contributed by atoms with Gasteiger partial charge in [-0.1, -0.05) is 20.8 Å². The van der Waals surface area contributed by atoms with Crippen LogP contribution >= 0.6 is 0 Å². The van der Waals surface area contributed by atoms with Crippen molar-refractivity contribution in [1.82, 2.24) is 9.80 Å². The molecule has 4 nitrogen and oxygen atoms in total. The fourth-order valence-corrected chi connectivity index (χ4v) is 1.77. The second-order valence-corrected chi connectivity index (χ2v) is 5.11. The van der Waals surface area contributed by atoms with Crippen LogP contribution in [0.2, 0.25) is 0 Å². The maximum atomic E-state index is 10.7. The van der Waals surface area contributed by atoms with E-state index in [2.05, 4.69) is 25.7 Å². The van der Waals surface area contributed by atoms with E-state index in [1.54, 1.807) is 0 Å². The Kier molecular flexibility index (Phi) is 3.37. The third-order valence-corrected chi connectivity index (χ3v) is 2.34. The van der Waals surface area contributed by atoms with Gasteiger partial charge in [0.25, 0.3) is 0 Å². The van der Waals surface area contributed by atoms with Gasteiger partial charge < -0.3 is 10.0 Å². The highest BCUT2D eigenvalue weighted by molar-refractivity contribution is 5.65. The zero-order valence-electron chi connectivity index (χ0n) is 9.29. The first-order chi connectivity index (χ1) is 6.38. The molecule has 1 rings (SSSR count). The minimum absolute atomic E-state index is 0.297. The first-order valence-corrected chi connectivity index (χ1v) is 5.09. The van der Waals surface area contributed by atoms with E-state index in [1.807, 2.05) is 0 Å². The van der Waals surface area contributed by atoms with Crippen LogP contribution in [0.15, 0.2) is 0 Å². The molecule has 0 unspecified atom stereocenters. The van der Waals surface area contributed by atoms with Gasteiger partial charge in [-0.05, 0) is 5.41 Å². The molecule has 82 valence electrons. The average molecular weight is 200 g/mol. The number of hydrogen-bond donors (Lipinski definition) is 1. The number of hydrogen-bond acceptors (Lipinski definition) is 2. The standard InChI is InChI=1S/C10H20N2O2/c1-10(2,3)8-11-4-6-12(7-5-11)9(13)14/h4-8H2,1-3H3,(H,13,14). The van der Waals surface area contributed by atoms with Crippen LogP contribution in [0.25, 0.3) is 0 Å². The molecular weight excluding hydrogens is 180 g/mol. The average Bonchev–Trinajstić information content (AvgIpc) is 2.02. The number of carboxylic acid groups (broad SMARTS) is 1. The predicted molar refractivity (Wildman–Crippen MR) is 55.5 cm³/mol. The SMILES string of the molecule is CC(C)(C)CN1CCN(C(=O)O)CC1. The number of nitrogens with zero attached hydrogens (tertiary/aromatic N) is 2. The predicted octanol–water partition coefficient (Wildman–Crippen LogP) is 1.33. The largest absolute Gasteiger partial charge is 0.465 e. The lowest BCUT2D eigenvalue weighted by atomic mass is 9.96. The molecule has 0 spiro atoms. The molecule has 1 saturated heterocycles. The van der Waals surface area contributed by atoms with E-state index in [4.69, 9.17) is 5.11 Å². The van der Waals surface area contributed by atoms with Crippen molar-refractivity contribution in [3.05, 3.63) is 0 Å². The van der Waals surface area contributed by atoms with E-state index in [-0.39, 0.29) is 0 Å². The Labute approximate surface area is 85.5 Å². The maximum Gasteiger partial charge on any atom is 0.407 e. The number of piperazine rings is 1. The lowest BCUT2D eigenvalue weighted by Crippen LogP contribution is -2.50. The maximum absolute atomic E-state index is 10.7. The van der Waals surface area contributed by atoms with Crippen molar-refractivity contribution >= 4 is 6.09 Å². The summed E-state index contributed by atoms with van der Waals surface area (Å²) in [6.45, 7) is 10.7. The normalized spacial score (nSPS) is 19.8. The van der Waals surface area contributed by atoms with Gasteiger partial charge >= 0.3 is 6.09 Å². The van der Waals surface area contributed by atoms with Crippen LogP contribution in [-0.2, 0) is 0 Å². The smallest absolute Gasteiger partial charge is 0.407 e. The van der Waals surface area contributed by atoms with Gasteiger partial charge in [-0.2, -0.15) is 0 Å². The van der Waals surface area contributed by atoms with Gasteiger partial charge in [0.1, 0.15) is 0 Å². The monoisotopic (exact) mass is 200 g/mol. The number of rotatable bonds is 1. The van der Waals surface area contributed by atoms with Gasteiger partial charge in [0.05, 0.1) is 0 Å². The first kappa shape index (κ1) is 11.3. The van der Waals surface area contributed by atoms with Crippen LogP contribution < -0.4 is 0 Å². The van der Waals surface area contributed by atoms with Gasteiger partial charge in [0, 0.05) is 32.7 Å². The second-order valence-electron chi connectivity index (χ2n) is 5.11. The summed E-state index contributed by atoms with van der Waals surface area (Å²) >= 11 is 0. The molecule has 0 atom stereocenters. The molecule has 1 heterocycles. The molecule has 1 aliphatic rings. The summed E-state index contributed by atoms with van der Waals surface area (Å²) in [5.41, 5.74) is 0.297. The second kappa shape index (κ2) is 4.17. The molecule has 0 saturated carbocycles. The number of carbonyl (C=O) groups is 1. The lowest BCUT2D eigenvalue weighted by Gasteiger charge is -2.36. The summed E-state index contributed by atoms with van der Waals surface area (Å²) in [4.78, 5) is 14.5. The first-order valence-electron chi connectivity index (χ1n) is 5.09. The molecule has 1 amide bonds. The molecule has 4 heteroatoms. The van der Waals surface area contributed by atoms with E-state index in [0.717, 1.165) is 19.6 Å². The third-order valence-electron chi connectivity index (χ3n) is 2.34. The molecule has 1 N–H and O–H groups in total. The molecule has 0 aromatic rings. The summed E-state index contributed by atoms with van der Waals surface area (Å²) in [7, 11) is 0. The minimum Gasteiger partial charge on any atom is -0.465 e. The Morgan fingerprint density at radius 1 is 1.21 bits per heavy atom. The molecule has 0 bridgehead atoms. The van der Waals surface area contributed by atoms with Gasteiger partial charge in [-0.15, -0.1) is 0 Å². The third kappa shape index (κ3) is 3.54. The molecule has 0 aliphatic carbocycles. The molecule has 14 heavy (non-hydrogen) atoms. The summed E-state index contributed by atoms with van der Waals surface area (Å²) < 4.78 is 0. The van der Waals surface area contributed by atoms with Crippen molar-refractivity contribution < 1.29 is 9.90 Å². The van der Waals surface area contributed by atoms with Gasteiger partial charge in [-0.3, -0.25) is 4.90 Å². The zero-order valence-corrected chi connectivity index (χ0v) is 9.29. The van der Waals surface area contributed by atoms with Gasteiger partial charge in [0.15, 0.2) is 0 Å². The van der Waals surface area contributed by atoms with E-state index in [1.165, 1.54) is 4.90 Å². The highest BCUT2D eigenvalue weighted by atomic mass is 16.4.